The molecule has 2 aromatic carbocycles. The van der Waals surface area contributed by atoms with Crippen LogP contribution in [0.1, 0.15) is 38.3 Å². The SMILES string of the molecule is CC[C@@H](C(=O)NCC(C)C)N(Cc1ccc(OC)cc1)C(=O)CSCc1ccccc1F. The van der Waals surface area contributed by atoms with E-state index in [1.807, 2.05) is 45.0 Å². The third kappa shape index (κ3) is 7.86. The highest BCUT2D eigenvalue weighted by molar-refractivity contribution is 7.99. The predicted molar refractivity (Wildman–Crippen MR) is 128 cm³/mol. The van der Waals surface area contributed by atoms with Gasteiger partial charge in [-0.25, -0.2) is 4.39 Å². The van der Waals surface area contributed by atoms with E-state index in [0.29, 0.717) is 36.7 Å². The monoisotopic (exact) mass is 460 g/mol. The Hall–Kier alpha value is -2.54. The molecule has 7 heteroatoms. The molecule has 0 spiro atoms. The van der Waals surface area contributed by atoms with Crippen molar-refractivity contribution in [3.8, 4) is 5.75 Å². The van der Waals surface area contributed by atoms with Crippen molar-refractivity contribution in [2.45, 2.75) is 45.5 Å². The van der Waals surface area contributed by atoms with Crippen LogP contribution in [0.15, 0.2) is 48.5 Å². The third-order valence-corrected chi connectivity index (χ3v) is 5.99. The summed E-state index contributed by atoms with van der Waals surface area (Å²) in [5, 5.41) is 2.95. The number of methoxy groups -OCH3 is 1. The van der Waals surface area contributed by atoms with Crippen molar-refractivity contribution in [3.63, 3.8) is 0 Å². The van der Waals surface area contributed by atoms with Crippen LogP contribution in [-0.4, -0.2) is 42.2 Å². The molecule has 32 heavy (non-hydrogen) atoms. The lowest BCUT2D eigenvalue weighted by molar-refractivity contribution is -0.139. The summed E-state index contributed by atoms with van der Waals surface area (Å²) in [5.74, 6) is 1.04. The second kappa shape index (κ2) is 13.1. The Morgan fingerprint density at radius 2 is 1.81 bits per heavy atom. The Bertz CT molecular complexity index is 874. The lowest BCUT2D eigenvalue weighted by Crippen LogP contribution is -2.50. The van der Waals surface area contributed by atoms with E-state index in [4.69, 9.17) is 4.74 Å². The Morgan fingerprint density at radius 3 is 2.41 bits per heavy atom. The van der Waals surface area contributed by atoms with Gasteiger partial charge in [-0.2, -0.15) is 0 Å². The van der Waals surface area contributed by atoms with E-state index in [9.17, 15) is 14.0 Å². The average molecular weight is 461 g/mol. The van der Waals surface area contributed by atoms with Crippen molar-refractivity contribution in [3.05, 3.63) is 65.5 Å². The van der Waals surface area contributed by atoms with Crippen LogP contribution < -0.4 is 10.1 Å². The normalized spacial score (nSPS) is 11.8. The standard InChI is InChI=1S/C25H33FN2O3S/c1-5-23(25(30)27-14-18(2)3)28(15-19-10-12-21(31-4)13-11-19)24(29)17-32-16-20-8-6-7-9-22(20)26/h6-13,18,23H,5,14-17H2,1-4H3,(H,27,30)/t23-/m0/s1. The van der Waals surface area contributed by atoms with Crippen LogP contribution >= 0.6 is 11.8 Å². The number of carbonyl (C=O) groups is 2. The van der Waals surface area contributed by atoms with Crippen LogP contribution in [0.2, 0.25) is 0 Å². The minimum Gasteiger partial charge on any atom is -0.497 e. The maximum absolute atomic E-state index is 13.9. The zero-order valence-corrected chi connectivity index (χ0v) is 20.1. The fraction of sp³-hybridized carbons (Fsp3) is 0.440. The topological polar surface area (TPSA) is 58.6 Å². The average Bonchev–Trinajstić information content (AvgIpc) is 2.79. The summed E-state index contributed by atoms with van der Waals surface area (Å²) in [6.45, 7) is 6.83. The highest BCUT2D eigenvalue weighted by Gasteiger charge is 2.28. The van der Waals surface area contributed by atoms with E-state index in [0.717, 1.165) is 11.3 Å². The van der Waals surface area contributed by atoms with Gasteiger partial charge in [-0.3, -0.25) is 9.59 Å². The molecule has 2 rings (SSSR count). The van der Waals surface area contributed by atoms with Gasteiger partial charge in [-0.15, -0.1) is 11.8 Å². The molecule has 0 heterocycles. The second-order valence-corrected chi connectivity index (χ2v) is 9.00. The molecule has 0 radical (unpaired) electrons. The Balaban J connectivity index is 2.13. The maximum Gasteiger partial charge on any atom is 0.242 e. The number of nitrogens with zero attached hydrogens (tertiary/aromatic N) is 1. The maximum atomic E-state index is 13.9. The molecule has 174 valence electrons. The Kier molecular flexibility index (Phi) is 10.5. The summed E-state index contributed by atoms with van der Waals surface area (Å²) in [6.07, 6.45) is 0.504. The van der Waals surface area contributed by atoms with E-state index in [1.165, 1.54) is 17.8 Å². The first-order valence-electron chi connectivity index (χ1n) is 10.9. The molecule has 1 atom stereocenters. The lowest BCUT2D eigenvalue weighted by Gasteiger charge is -2.31. The minimum atomic E-state index is -0.572. The molecule has 0 fully saturated rings. The molecule has 1 N–H and O–H groups in total. The first-order chi connectivity index (χ1) is 15.3. The van der Waals surface area contributed by atoms with E-state index in [-0.39, 0.29) is 23.4 Å². The third-order valence-electron chi connectivity index (χ3n) is 5.02. The van der Waals surface area contributed by atoms with Gasteiger partial charge in [0, 0.05) is 18.8 Å². The van der Waals surface area contributed by atoms with E-state index in [1.54, 1.807) is 30.2 Å². The van der Waals surface area contributed by atoms with Crippen molar-refractivity contribution in [1.82, 2.24) is 10.2 Å². The van der Waals surface area contributed by atoms with E-state index in [2.05, 4.69) is 5.32 Å². The molecule has 0 unspecified atom stereocenters. The van der Waals surface area contributed by atoms with Crippen LogP contribution in [0, 0.1) is 11.7 Å². The molecule has 2 aromatic rings. The summed E-state index contributed by atoms with van der Waals surface area (Å²) in [6, 6.07) is 13.5. The lowest BCUT2D eigenvalue weighted by atomic mass is 10.1. The zero-order chi connectivity index (χ0) is 23.5. The fourth-order valence-corrected chi connectivity index (χ4v) is 4.11. The molecular formula is C25H33FN2O3S. The van der Waals surface area contributed by atoms with E-state index < -0.39 is 6.04 Å². The molecule has 0 saturated heterocycles. The van der Waals surface area contributed by atoms with Gasteiger partial charge in [0.1, 0.15) is 17.6 Å². The molecule has 0 aliphatic rings. The van der Waals surface area contributed by atoms with Crippen molar-refractivity contribution >= 4 is 23.6 Å². The van der Waals surface area contributed by atoms with Gasteiger partial charge in [0.25, 0.3) is 0 Å². The summed E-state index contributed by atoms with van der Waals surface area (Å²) in [4.78, 5) is 27.7. The Morgan fingerprint density at radius 1 is 1.12 bits per heavy atom. The number of benzene rings is 2. The fourth-order valence-electron chi connectivity index (χ4n) is 3.22. The minimum absolute atomic E-state index is 0.145. The highest BCUT2D eigenvalue weighted by Crippen LogP contribution is 2.20. The van der Waals surface area contributed by atoms with Gasteiger partial charge >= 0.3 is 0 Å². The number of hydrogen-bond acceptors (Lipinski definition) is 4. The van der Waals surface area contributed by atoms with Crippen molar-refractivity contribution < 1.29 is 18.7 Å². The van der Waals surface area contributed by atoms with Crippen LogP contribution in [0.4, 0.5) is 4.39 Å². The van der Waals surface area contributed by atoms with Gasteiger partial charge in [0.2, 0.25) is 11.8 Å². The van der Waals surface area contributed by atoms with Gasteiger partial charge in [-0.1, -0.05) is 51.1 Å². The molecule has 5 nitrogen and oxygen atoms in total. The van der Waals surface area contributed by atoms with E-state index >= 15 is 0 Å². The highest BCUT2D eigenvalue weighted by atomic mass is 32.2. The second-order valence-electron chi connectivity index (χ2n) is 8.02. The number of halogens is 1. The van der Waals surface area contributed by atoms with Crippen LogP contribution in [0.5, 0.6) is 5.75 Å². The van der Waals surface area contributed by atoms with Gasteiger partial charge < -0.3 is 15.0 Å². The number of amides is 2. The van der Waals surface area contributed by atoms with Crippen molar-refractivity contribution in [2.75, 3.05) is 19.4 Å². The number of hydrogen-bond donors (Lipinski definition) is 1. The number of rotatable bonds is 12. The molecular weight excluding hydrogens is 427 g/mol. The van der Waals surface area contributed by atoms with Crippen LogP contribution in [0.25, 0.3) is 0 Å². The van der Waals surface area contributed by atoms with Crippen LogP contribution in [0.3, 0.4) is 0 Å². The van der Waals surface area contributed by atoms with Crippen LogP contribution in [-0.2, 0) is 21.9 Å². The number of thioether (sulfide) groups is 1. The Labute approximate surface area is 194 Å². The number of nitrogens with one attached hydrogen (secondary N) is 1. The number of ether oxygens (including phenoxy) is 1. The summed E-state index contributed by atoms with van der Waals surface area (Å²) in [7, 11) is 1.60. The smallest absolute Gasteiger partial charge is 0.242 e. The summed E-state index contributed by atoms with van der Waals surface area (Å²) < 4.78 is 19.1. The zero-order valence-electron chi connectivity index (χ0n) is 19.3. The van der Waals surface area contributed by atoms with Gasteiger partial charge in [-0.05, 0) is 41.7 Å². The molecule has 0 aliphatic heterocycles. The molecule has 0 saturated carbocycles. The van der Waals surface area contributed by atoms with Crippen molar-refractivity contribution in [2.24, 2.45) is 5.92 Å². The first-order valence-corrected chi connectivity index (χ1v) is 12.0. The molecule has 0 bridgehead atoms. The summed E-state index contributed by atoms with van der Waals surface area (Å²) in [5.41, 5.74) is 1.47. The van der Waals surface area contributed by atoms with Crippen molar-refractivity contribution in [1.29, 1.82) is 0 Å². The molecule has 0 aromatic heterocycles. The predicted octanol–water partition coefficient (Wildman–Crippen LogP) is 4.65. The number of carbonyl (C=O) groups excluding carboxylic acids is 2. The van der Waals surface area contributed by atoms with Gasteiger partial charge in [0.15, 0.2) is 0 Å². The quantitative estimate of drug-likeness (QED) is 0.501. The summed E-state index contributed by atoms with van der Waals surface area (Å²) >= 11 is 1.35. The van der Waals surface area contributed by atoms with Gasteiger partial charge in [0.05, 0.1) is 12.9 Å². The molecule has 0 aliphatic carbocycles. The first kappa shape index (κ1) is 25.7. The molecule has 2 amide bonds. The largest absolute Gasteiger partial charge is 0.497 e.